The lowest BCUT2D eigenvalue weighted by molar-refractivity contribution is 0.0963. The lowest BCUT2D eigenvalue weighted by atomic mass is 10.0. The number of aliphatic hydroxyl groups excluding tert-OH is 2. The highest BCUT2D eigenvalue weighted by Gasteiger charge is 2.22. The average Bonchev–Trinajstić information content (AvgIpc) is 3.25. The minimum Gasteiger partial charge on any atom is -0.487 e. The van der Waals surface area contributed by atoms with Crippen LogP contribution in [0.25, 0.3) is 33.7 Å². The fourth-order valence-electron chi connectivity index (χ4n) is 6.54. The molecule has 18 heteroatoms. The SMILES string of the molecule is CNC(=O)c1ccc(C)c(-n2c(C)cc(OCc3ccc(F)cc3F)c(Br)c2=O)c1.Cc1cc(F)ccc1-c1nc(NC(CO)CO)nc2c1ccc(=O)n2-c1c(F)cccc1F. The fourth-order valence-corrected chi connectivity index (χ4v) is 6.95. The summed E-state index contributed by atoms with van der Waals surface area (Å²) in [4.78, 5) is 46.5. The number of para-hydroxylation sites is 1. The van der Waals surface area contributed by atoms with Crippen molar-refractivity contribution in [1.82, 2.24) is 24.4 Å². The molecule has 7 aromatic rings. The van der Waals surface area contributed by atoms with Gasteiger partial charge in [-0.05, 0) is 108 Å². The Morgan fingerprint density at radius 3 is 2.13 bits per heavy atom. The number of ether oxygens (including phenoxy) is 1. The summed E-state index contributed by atoms with van der Waals surface area (Å²) in [5.41, 5.74) is 1.96. The summed E-state index contributed by atoms with van der Waals surface area (Å²) in [5, 5.41) is 24.5. The van der Waals surface area contributed by atoms with Crippen LogP contribution in [0, 0.1) is 49.9 Å². The zero-order valence-corrected chi connectivity index (χ0v) is 35.5. The summed E-state index contributed by atoms with van der Waals surface area (Å²) in [6.07, 6.45) is 0. The predicted molar refractivity (Wildman–Crippen MR) is 230 cm³/mol. The molecule has 4 N–H and O–H groups in total. The second-order valence-electron chi connectivity index (χ2n) is 14.1. The second-order valence-corrected chi connectivity index (χ2v) is 14.9. The van der Waals surface area contributed by atoms with E-state index in [-0.39, 0.29) is 56.5 Å². The number of rotatable bonds is 11. The monoisotopic (exact) mass is 932 g/mol. The van der Waals surface area contributed by atoms with E-state index in [1.165, 1.54) is 48.0 Å². The van der Waals surface area contributed by atoms with E-state index < -0.39 is 59.6 Å². The first kappa shape index (κ1) is 45.8. The summed E-state index contributed by atoms with van der Waals surface area (Å²) >= 11 is 3.26. The van der Waals surface area contributed by atoms with E-state index in [1.807, 2.05) is 6.92 Å². The van der Waals surface area contributed by atoms with Crippen molar-refractivity contribution in [3.8, 4) is 28.4 Å². The molecular formula is C45H38BrF5N6O6. The van der Waals surface area contributed by atoms with Crippen molar-refractivity contribution >= 4 is 38.8 Å². The molecule has 0 atom stereocenters. The molecule has 63 heavy (non-hydrogen) atoms. The summed E-state index contributed by atoms with van der Waals surface area (Å²) in [6.45, 7) is 4.16. The van der Waals surface area contributed by atoms with Crippen LogP contribution >= 0.6 is 15.9 Å². The molecular weight excluding hydrogens is 895 g/mol. The molecule has 326 valence electrons. The number of halogens is 6. The molecule has 0 aliphatic rings. The first-order chi connectivity index (χ1) is 30.1. The molecule has 0 radical (unpaired) electrons. The number of carbonyl (C=O) groups is 1. The summed E-state index contributed by atoms with van der Waals surface area (Å²) in [6, 6.07) is 18.9. The van der Waals surface area contributed by atoms with Gasteiger partial charge in [-0.2, -0.15) is 4.98 Å². The molecule has 0 fully saturated rings. The van der Waals surface area contributed by atoms with Crippen molar-refractivity contribution in [2.24, 2.45) is 0 Å². The topological polar surface area (TPSA) is 161 Å². The third kappa shape index (κ3) is 9.83. The number of hydrogen-bond donors (Lipinski definition) is 4. The summed E-state index contributed by atoms with van der Waals surface area (Å²) in [7, 11) is 1.53. The maximum atomic E-state index is 14.6. The highest BCUT2D eigenvalue weighted by molar-refractivity contribution is 9.10. The molecule has 12 nitrogen and oxygen atoms in total. The second kappa shape index (κ2) is 19.5. The molecule has 0 aliphatic carbocycles. The van der Waals surface area contributed by atoms with Gasteiger partial charge in [0.2, 0.25) is 5.95 Å². The minimum atomic E-state index is -0.971. The highest BCUT2D eigenvalue weighted by Crippen LogP contribution is 2.32. The van der Waals surface area contributed by atoms with E-state index in [4.69, 9.17) is 4.74 Å². The van der Waals surface area contributed by atoms with E-state index in [2.05, 4.69) is 36.5 Å². The Labute approximate surface area is 364 Å². The van der Waals surface area contributed by atoms with Crippen molar-refractivity contribution < 1.29 is 41.7 Å². The average molecular weight is 934 g/mol. The molecule has 0 saturated carbocycles. The van der Waals surface area contributed by atoms with Crippen molar-refractivity contribution in [2.45, 2.75) is 33.4 Å². The van der Waals surface area contributed by atoms with E-state index in [9.17, 15) is 46.5 Å². The lowest BCUT2D eigenvalue weighted by Gasteiger charge is -2.18. The van der Waals surface area contributed by atoms with Crippen LogP contribution in [0.3, 0.4) is 0 Å². The third-order valence-corrected chi connectivity index (χ3v) is 10.5. The van der Waals surface area contributed by atoms with Gasteiger partial charge in [0.25, 0.3) is 17.0 Å². The number of nitrogens with zero attached hydrogens (tertiary/aromatic N) is 4. The van der Waals surface area contributed by atoms with Crippen molar-refractivity contribution in [3.05, 3.63) is 173 Å². The molecule has 7 rings (SSSR count). The Bertz CT molecular complexity index is 2980. The van der Waals surface area contributed by atoms with Gasteiger partial charge in [-0.15, -0.1) is 0 Å². The number of aromatic nitrogens is 4. The Morgan fingerprint density at radius 2 is 1.48 bits per heavy atom. The standard InChI is InChI=1S/C23H19F3N4O3.C22H19BrF2N2O3/c1-12-9-13(24)5-6-15(12)20-16-7-8-19(33)30(21-17(25)3-2-4-18(21)26)22(16)29-23(28-20)27-14(10-31)11-32;1-12-4-5-14(21(28)26-3)9-18(12)27-13(2)8-19(20(23)22(27)29)30-11-15-6-7-16(24)10-17(15)25/h2-9,14,31-32H,10-11H2,1H3,(H,27,28,29);4-10H,11H2,1-3H3,(H,26,28). The van der Waals surface area contributed by atoms with Crippen LogP contribution in [0.1, 0.15) is 32.7 Å². The smallest absolute Gasteiger partial charge is 0.273 e. The number of carbonyl (C=O) groups excluding carboxylic acids is 1. The van der Waals surface area contributed by atoms with Gasteiger partial charge in [-0.1, -0.05) is 12.1 Å². The van der Waals surface area contributed by atoms with E-state index >= 15 is 0 Å². The predicted octanol–water partition coefficient (Wildman–Crippen LogP) is 7.37. The number of benzene rings is 4. The molecule has 1 amide bonds. The van der Waals surface area contributed by atoms with Gasteiger partial charge < -0.3 is 25.6 Å². The van der Waals surface area contributed by atoms with E-state index in [0.717, 1.165) is 40.5 Å². The number of pyridine rings is 2. The summed E-state index contributed by atoms with van der Waals surface area (Å²) < 4.78 is 77.9. The third-order valence-electron chi connectivity index (χ3n) is 9.77. The Balaban J connectivity index is 0.000000211. The number of aliphatic hydroxyl groups is 2. The molecule has 4 aromatic carbocycles. The van der Waals surface area contributed by atoms with Crippen LogP contribution in [0.4, 0.5) is 27.9 Å². The van der Waals surface area contributed by atoms with Crippen LogP contribution in [0.2, 0.25) is 0 Å². The van der Waals surface area contributed by atoms with Crippen LogP contribution in [-0.4, -0.2) is 61.5 Å². The minimum absolute atomic E-state index is 0.106. The number of nitrogens with one attached hydrogen (secondary N) is 2. The molecule has 0 bridgehead atoms. The number of amides is 1. The number of fused-ring (bicyclic) bond motifs is 1. The van der Waals surface area contributed by atoms with Gasteiger partial charge >= 0.3 is 0 Å². The normalized spacial score (nSPS) is 11.1. The molecule has 3 heterocycles. The maximum absolute atomic E-state index is 14.6. The Kier molecular flexibility index (Phi) is 14.2. The van der Waals surface area contributed by atoms with Gasteiger partial charge in [-0.3, -0.25) is 23.5 Å². The fraction of sp³-hybridized carbons (Fsp3) is 0.178. The molecule has 0 unspecified atom stereocenters. The van der Waals surface area contributed by atoms with Crippen LogP contribution in [0.15, 0.2) is 105 Å². The number of aryl methyl sites for hydroxylation is 3. The van der Waals surface area contributed by atoms with Crippen molar-refractivity contribution in [2.75, 3.05) is 25.6 Å². The van der Waals surface area contributed by atoms with Gasteiger partial charge in [0, 0.05) is 53.0 Å². The zero-order valence-electron chi connectivity index (χ0n) is 33.9. The van der Waals surface area contributed by atoms with Crippen LogP contribution in [0.5, 0.6) is 5.75 Å². The van der Waals surface area contributed by atoms with Gasteiger partial charge in [0.05, 0.1) is 30.6 Å². The van der Waals surface area contributed by atoms with Gasteiger partial charge in [0.15, 0.2) is 5.65 Å². The molecule has 0 spiro atoms. The van der Waals surface area contributed by atoms with Crippen molar-refractivity contribution in [3.63, 3.8) is 0 Å². The largest absolute Gasteiger partial charge is 0.487 e. The maximum Gasteiger partial charge on any atom is 0.273 e. The molecule has 0 saturated heterocycles. The van der Waals surface area contributed by atoms with Gasteiger partial charge in [-0.25, -0.2) is 26.9 Å². The highest BCUT2D eigenvalue weighted by atomic mass is 79.9. The van der Waals surface area contributed by atoms with E-state index in [0.29, 0.717) is 28.1 Å². The Hall–Kier alpha value is -6.76. The zero-order chi connectivity index (χ0) is 45.7. The lowest BCUT2D eigenvalue weighted by Crippen LogP contribution is -2.29. The van der Waals surface area contributed by atoms with Gasteiger partial charge in [0.1, 0.15) is 51.6 Å². The van der Waals surface area contributed by atoms with Crippen LogP contribution in [-0.2, 0) is 6.61 Å². The quantitative estimate of drug-likeness (QED) is 0.0972. The number of hydrogen-bond acceptors (Lipinski definition) is 9. The first-order valence-corrected chi connectivity index (χ1v) is 19.8. The van der Waals surface area contributed by atoms with Crippen LogP contribution < -0.4 is 26.5 Å². The first-order valence-electron chi connectivity index (χ1n) is 19.0. The molecule has 3 aromatic heterocycles. The van der Waals surface area contributed by atoms with E-state index in [1.54, 1.807) is 38.1 Å². The number of anilines is 1. The Morgan fingerprint density at radius 1 is 0.794 bits per heavy atom. The summed E-state index contributed by atoms with van der Waals surface area (Å²) in [5.74, 6) is -3.94. The molecule has 0 aliphatic heterocycles. The van der Waals surface area contributed by atoms with Crippen molar-refractivity contribution in [1.29, 1.82) is 0 Å².